The smallest absolute Gasteiger partial charge is 0.324 e. The standard InChI is InChI=1S/C13H25NO4.C12H23NO4/c1-12(2,3)17-10(15)8-7-9(14)11(16)18-13(4,5)6;1-11(2,3)16-9(14)7-8(13)10(15)17-12(4,5)6/h9H,7-8,14H2,1-6H3;8H,7,13H2,1-6H3/t9-;8-/m00/s1. The molecule has 0 saturated heterocycles. The van der Waals surface area contributed by atoms with Crippen molar-refractivity contribution in [1.82, 2.24) is 0 Å². The van der Waals surface area contributed by atoms with Gasteiger partial charge in [0.2, 0.25) is 0 Å². The molecule has 4 N–H and O–H groups in total. The van der Waals surface area contributed by atoms with E-state index in [4.69, 9.17) is 30.4 Å². The van der Waals surface area contributed by atoms with E-state index in [0.717, 1.165) is 0 Å². The number of hydrogen-bond acceptors (Lipinski definition) is 10. The fraction of sp³-hybridized carbons (Fsp3) is 0.840. The lowest BCUT2D eigenvalue weighted by Gasteiger charge is -2.23. The molecular weight excluding hydrogens is 456 g/mol. The molecule has 0 saturated carbocycles. The van der Waals surface area contributed by atoms with Crippen LogP contribution in [0.2, 0.25) is 0 Å². The number of rotatable bonds is 7. The molecule has 0 bridgehead atoms. The van der Waals surface area contributed by atoms with Crippen molar-refractivity contribution in [2.24, 2.45) is 11.5 Å². The van der Waals surface area contributed by atoms with Crippen molar-refractivity contribution in [2.75, 3.05) is 0 Å². The van der Waals surface area contributed by atoms with Gasteiger partial charge in [0.15, 0.2) is 0 Å². The van der Waals surface area contributed by atoms with E-state index in [2.05, 4.69) is 0 Å². The Morgan fingerprint density at radius 2 is 0.857 bits per heavy atom. The highest BCUT2D eigenvalue weighted by Gasteiger charge is 2.27. The first kappa shape index (κ1) is 35.0. The van der Waals surface area contributed by atoms with Crippen molar-refractivity contribution in [3.63, 3.8) is 0 Å². The molecule has 0 aromatic rings. The molecule has 0 aliphatic carbocycles. The Morgan fingerprint density at radius 3 is 1.20 bits per heavy atom. The number of carbonyl (C=O) groups excluding carboxylic acids is 4. The third-order valence-electron chi connectivity index (χ3n) is 3.31. The van der Waals surface area contributed by atoms with Gasteiger partial charge in [-0.2, -0.15) is 0 Å². The first-order valence-electron chi connectivity index (χ1n) is 11.7. The third-order valence-corrected chi connectivity index (χ3v) is 3.31. The van der Waals surface area contributed by atoms with Crippen LogP contribution in [0.15, 0.2) is 0 Å². The van der Waals surface area contributed by atoms with Gasteiger partial charge in [-0.25, -0.2) is 0 Å². The summed E-state index contributed by atoms with van der Waals surface area (Å²) in [4.78, 5) is 45.9. The lowest BCUT2D eigenvalue weighted by molar-refractivity contribution is -0.163. The molecule has 206 valence electrons. The molecule has 0 spiro atoms. The average Bonchev–Trinajstić information content (AvgIpc) is 2.53. The normalized spacial score (nSPS) is 14.0. The van der Waals surface area contributed by atoms with Crippen LogP contribution in [-0.4, -0.2) is 58.4 Å². The summed E-state index contributed by atoms with van der Waals surface area (Å²) in [7, 11) is 0. The minimum atomic E-state index is -0.982. The van der Waals surface area contributed by atoms with Crippen LogP contribution in [0.5, 0.6) is 0 Å². The maximum atomic E-state index is 11.6. The summed E-state index contributed by atoms with van der Waals surface area (Å²) in [5.41, 5.74) is 8.95. The summed E-state index contributed by atoms with van der Waals surface area (Å²) >= 11 is 0. The van der Waals surface area contributed by atoms with Gasteiger partial charge < -0.3 is 30.4 Å². The molecule has 35 heavy (non-hydrogen) atoms. The van der Waals surface area contributed by atoms with Crippen LogP contribution in [0.3, 0.4) is 0 Å². The third kappa shape index (κ3) is 23.3. The first-order valence-corrected chi connectivity index (χ1v) is 11.7. The van der Waals surface area contributed by atoms with Crippen LogP contribution < -0.4 is 11.5 Å². The molecular formula is C25H48N2O8. The Kier molecular flexibility index (Phi) is 13.8. The van der Waals surface area contributed by atoms with E-state index in [0.29, 0.717) is 0 Å². The molecule has 0 unspecified atom stereocenters. The molecule has 0 amide bonds. The lowest BCUT2D eigenvalue weighted by atomic mass is 10.1. The van der Waals surface area contributed by atoms with Gasteiger partial charge in [0.1, 0.15) is 34.5 Å². The van der Waals surface area contributed by atoms with E-state index in [1.807, 2.05) is 0 Å². The zero-order chi connectivity index (χ0) is 28.4. The summed E-state index contributed by atoms with van der Waals surface area (Å²) in [5.74, 6) is -1.95. The number of nitrogens with two attached hydrogens (primary N) is 2. The maximum absolute atomic E-state index is 11.6. The van der Waals surface area contributed by atoms with Crippen LogP contribution in [0, 0.1) is 0 Å². The van der Waals surface area contributed by atoms with Gasteiger partial charge in [-0.3, -0.25) is 19.2 Å². The average molecular weight is 505 g/mol. The second kappa shape index (κ2) is 13.8. The van der Waals surface area contributed by atoms with E-state index in [9.17, 15) is 19.2 Å². The van der Waals surface area contributed by atoms with Crippen LogP contribution in [0.1, 0.15) is 102 Å². The highest BCUT2D eigenvalue weighted by molar-refractivity contribution is 5.82. The monoisotopic (exact) mass is 504 g/mol. The molecule has 0 aromatic carbocycles. The van der Waals surface area contributed by atoms with E-state index >= 15 is 0 Å². The van der Waals surface area contributed by atoms with Gasteiger partial charge in [0.25, 0.3) is 0 Å². The quantitative estimate of drug-likeness (QED) is 0.390. The highest BCUT2D eigenvalue weighted by Crippen LogP contribution is 2.13. The number of esters is 4. The van der Waals surface area contributed by atoms with Crippen molar-refractivity contribution in [3.05, 3.63) is 0 Å². The molecule has 0 radical (unpaired) electrons. The molecule has 0 aliphatic heterocycles. The Balaban J connectivity index is 0. The minimum Gasteiger partial charge on any atom is -0.460 e. The first-order chi connectivity index (χ1) is 15.3. The SMILES string of the molecule is CC(C)(C)OC(=O)CC[C@H](N)C(=O)OC(C)(C)C.CC(C)(C)OC(=O)C[C@H](N)C(=O)OC(C)(C)C. The molecule has 0 aromatic heterocycles. The van der Waals surface area contributed by atoms with Crippen molar-refractivity contribution >= 4 is 23.9 Å². The summed E-state index contributed by atoms with van der Waals surface area (Å²) < 4.78 is 20.4. The van der Waals surface area contributed by atoms with Crippen molar-refractivity contribution in [2.45, 2.75) is 137 Å². The zero-order valence-electron chi connectivity index (χ0n) is 23.7. The van der Waals surface area contributed by atoms with Crippen molar-refractivity contribution in [1.29, 1.82) is 0 Å². The Morgan fingerprint density at radius 1 is 0.543 bits per heavy atom. The van der Waals surface area contributed by atoms with Crippen LogP contribution in [0.4, 0.5) is 0 Å². The summed E-state index contributed by atoms with van der Waals surface area (Å²) in [5, 5.41) is 0. The number of ether oxygens (including phenoxy) is 4. The lowest BCUT2D eigenvalue weighted by Crippen LogP contribution is -2.40. The van der Waals surface area contributed by atoms with E-state index in [-0.39, 0.29) is 25.2 Å². The Bertz CT molecular complexity index is 707. The van der Waals surface area contributed by atoms with E-state index in [1.165, 1.54) is 0 Å². The zero-order valence-corrected chi connectivity index (χ0v) is 23.7. The largest absolute Gasteiger partial charge is 0.460 e. The van der Waals surface area contributed by atoms with Crippen LogP contribution >= 0.6 is 0 Å². The fourth-order valence-electron chi connectivity index (χ4n) is 2.18. The summed E-state index contributed by atoms with van der Waals surface area (Å²) in [6.07, 6.45) is 0.160. The van der Waals surface area contributed by atoms with E-state index in [1.54, 1.807) is 83.1 Å². The molecule has 0 heterocycles. The Labute approximate surface area is 210 Å². The van der Waals surface area contributed by atoms with Crippen LogP contribution in [0.25, 0.3) is 0 Å². The van der Waals surface area contributed by atoms with Crippen molar-refractivity contribution in [3.8, 4) is 0 Å². The van der Waals surface area contributed by atoms with Gasteiger partial charge in [-0.1, -0.05) is 0 Å². The second-order valence-electron chi connectivity index (χ2n) is 12.2. The van der Waals surface area contributed by atoms with Gasteiger partial charge in [0, 0.05) is 6.42 Å². The number of carbonyl (C=O) groups is 4. The Hall–Kier alpha value is -2.20. The molecule has 0 rings (SSSR count). The van der Waals surface area contributed by atoms with Crippen LogP contribution in [-0.2, 0) is 38.1 Å². The van der Waals surface area contributed by atoms with Crippen molar-refractivity contribution < 1.29 is 38.1 Å². The molecule has 2 atom stereocenters. The summed E-state index contributed by atoms with van der Waals surface area (Å²) in [6, 6.07) is -1.78. The fourth-order valence-corrected chi connectivity index (χ4v) is 2.18. The van der Waals surface area contributed by atoms with Gasteiger partial charge >= 0.3 is 23.9 Å². The maximum Gasteiger partial charge on any atom is 0.324 e. The molecule has 10 heteroatoms. The van der Waals surface area contributed by atoms with Gasteiger partial charge in [-0.05, 0) is 89.5 Å². The predicted molar refractivity (Wildman–Crippen MR) is 133 cm³/mol. The highest BCUT2D eigenvalue weighted by atomic mass is 16.6. The number of hydrogen-bond donors (Lipinski definition) is 2. The molecule has 10 nitrogen and oxygen atoms in total. The van der Waals surface area contributed by atoms with Gasteiger partial charge in [-0.15, -0.1) is 0 Å². The molecule has 0 fully saturated rings. The molecule has 0 aliphatic rings. The minimum absolute atomic E-state index is 0.109. The van der Waals surface area contributed by atoms with E-state index < -0.39 is 52.4 Å². The van der Waals surface area contributed by atoms with Gasteiger partial charge in [0.05, 0.1) is 6.42 Å². The predicted octanol–water partition coefficient (Wildman–Crippen LogP) is 3.16. The second-order valence-corrected chi connectivity index (χ2v) is 12.2. The topological polar surface area (TPSA) is 157 Å². The summed E-state index contributed by atoms with van der Waals surface area (Å²) in [6.45, 7) is 21.2.